The van der Waals surface area contributed by atoms with Gasteiger partial charge in [0, 0.05) is 0 Å². The van der Waals surface area contributed by atoms with Crippen molar-refractivity contribution in [3.05, 3.63) is 79.1 Å². The maximum atomic E-state index is 12.9. The number of benzene rings is 1. The van der Waals surface area contributed by atoms with E-state index in [-0.39, 0.29) is 13.1 Å². The number of esters is 1. The van der Waals surface area contributed by atoms with Gasteiger partial charge in [-0.15, -0.1) is 11.3 Å². The van der Waals surface area contributed by atoms with Gasteiger partial charge in [-0.3, -0.25) is 14.2 Å². The van der Waals surface area contributed by atoms with Crippen LogP contribution in [0.3, 0.4) is 0 Å². The van der Waals surface area contributed by atoms with Crippen LogP contribution < -0.4 is 20.1 Å². The number of carbonyl (C=O) groups excluding carboxylic acids is 2. The fraction of sp³-hybridized carbons (Fsp3) is 0.143. The number of aromatic nitrogens is 1. The predicted octanol–water partition coefficient (Wildman–Crippen LogP) is 0.473. The number of hydrogen-bond acceptors (Lipinski definition) is 7. The highest BCUT2D eigenvalue weighted by atomic mass is 32.1. The lowest BCUT2D eigenvalue weighted by Crippen LogP contribution is -2.38. The van der Waals surface area contributed by atoms with Crippen molar-refractivity contribution in [2.45, 2.75) is 13.1 Å². The minimum Gasteiger partial charge on any atom is -0.467 e. The summed E-state index contributed by atoms with van der Waals surface area (Å²) in [7, 11) is 1.23. The molecule has 0 bridgehead atoms. The van der Waals surface area contributed by atoms with Gasteiger partial charge in [0.25, 0.3) is 5.56 Å². The van der Waals surface area contributed by atoms with Crippen molar-refractivity contribution in [1.82, 2.24) is 9.88 Å². The second-order valence-corrected chi connectivity index (χ2v) is 7.16. The number of methoxy groups -OCH3 is 1. The molecule has 0 unspecified atom stereocenters. The molecule has 0 saturated heterocycles. The quantitative estimate of drug-likeness (QED) is 0.577. The van der Waals surface area contributed by atoms with E-state index in [4.69, 9.17) is 9.68 Å². The number of nitrogens with zero attached hydrogens (tertiary/aromatic N) is 2. The summed E-state index contributed by atoms with van der Waals surface area (Å²) in [4.78, 5) is 36.9. The molecular formula is C21H17N3O5S. The first-order chi connectivity index (χ1) is 14.5. The first-order valence-electron chi connectivity index (χ1n) is 8.80. The second kappa shape index (κ2) is 9.54. The van der Waals surface area contributed by atoms with Crippen molar-refractivity contribution < 1.29 is 18.7 Å². The van der Waals surface area contributed by atoms with Gasteiger partial charge >= 0.3 is 5.97 Å². The van der Waals surface area contributed by atoms with Gasteiger partial charge in [-0.1, -0.05) is 12.1 Å². The molecule has 0 spiro atoms. The Morgan fingerprint density at radius 3 is 2.70 bits per heavy atom. The van der Waals surface area contributed by atoms with E-state index in [0.717, 1.165) is 11.3 Å². The van der Waals surface area contributed by atoms with E-state index < -0.39 is 17.4 Å². The third kappa shape index (κ3) is 5.12. The Hall–Kier alpha value is -3.90. The average molecular weight is 423 g/mol. The molecule has 152 valence electrons. The van der Waals surface area contributed by atoms with Crippen LogP contribution in [0, 0.1) is 11.3 Å². The van der Waals surface area contributed by atoms with Crippen LogP contribution in [-0.4, -0.2) is 23.6 Å². The molecule has 1 aromatic carbocycles. The van der Waals surface area contributed by atoms with Gasteiger partial charge in [-0.25, -0.2) is 4.79 Å². The van der Waals surface area contributed by atoms with Crippen molar-refractivity contribution >= 4 is 35.4 Å². The Morgan fingerprint density at radius 2 is 2.07 bits per heavy atom. The van der Waals surface area contributed by atoms with E-state index in [9.17, 15) is 14.4 Å². The maximum absolute atomic E-state index is 12.9. The predicted molar refractivity (Wildman–Crippen MR) is 110 cm³/mol. The summed E-state index contributed by atoms with van der Waals surface area (Å²) in [5, 5.41) is 11.6. The van der Waals surface area contributed by atoms with Crippen LogP contribution in [0.15, 0.2) is 51.9 Å². The highest BCUT2D eigenvalue weighted by molar-refractivity contribution is 7.07. The van der Waals surface area contributed by atoms with Crippen molar-refractivity contribution in [1.29, 1.82) is 5.26 Å². The minimum atomic E-state index is -0.633. The lowest BCUT2D eigenvalue weighted by atomic mass is 10.1. The second-order valence-electron chi connectivity index (χ2n) is 6.10. The van der Waals surface area contributed by atoms with E-state index in [2.05, 4.69) is 10.1 Å². The molecule has 3 aromatic rings. The SMILES string of the molecule is COC(=O)/C=c1\s/c(=C\c2ccc(C#N)cc2)c(=O)n1CC(=O)NCc1ccco1. The third-order valence-electron chi connectivity index (χ3n) is 4.06. The normalized spacial score (nSPS) is 11.9. The Balaban J connectivity index is 1.94. The van der Waals surface area contributed by atoms with Crippen LogP contribution in [0.25, 0.3) is 12.2 Å². The molecule has 1 amide bonds. The van der Waals surface area contributed by atoms with E-state index in [1.54, 1.807) is 42.5 Å². The number of rotatable bonds is 6. The highest BCUT2D eigenvalue weighted by Crippen LogP contribution is 2.03. The summed E-state index contributed by atoms with van der Waals surface area (Å²) in [6, 6.07) is 12.2. The van der Waals surface area contributed by atoms with Gasteiger partial charge in [0.15, 0.2) is 0 Å². The van der Waals surface area contributed by atoms with Crippen LogP contribution in [0.2, 0.25) is 0 Å². The van der Waals surface area contributed by atoms with Gasteiger partial charge in [0.1, 0.15) is 17.0 Å². The fourth-order valence-corrected chi connectivity index (χ4v) is 3.59. The van der Waals surface area contributed by atoms with E-state index in [1.165, 1.54) is 24.0 Å². The smallest absolute Gasteiger partial charge is 0.333 e. The van der Waals surface area contributed by atoms with Crippen LogP contribution >= 0.6 is 11.3 Å². The number of furan rings is 1. The summed E-state index contributed by atoms with van der Waals surface area (Å²) in [6.45, 7) is -0.0783. The van der Waals surface area contributed by atoms with Gasteiger partial charge < -0.3 is 14.5 Å². The average Bonchev–Trinajstić information content (AvgIpc) is 3.37. The number of hydrogen-bond donors (Lipinski definition) is 1. The first-order valence-corrected chi connectivity index (χ1v) is 9.62. The number of carbonyl (C=O) groups is 2. The number of nitrogens with one attached hydrogen (secondary N) is 1. The van der Waals surface area contributed by atoms with Crippen molar-refractivity contribution in [3.8, 4) is 6.07 Å². The highest BCUT2D eigenvalue weighted by Gasteiger charge is 2.11. The number of thiazole rings is 1. The molecule has 0 fully saturated rings. The van der Waals surface area contributed by atoms with Crippen LogP contribution in [0.5, 0.6) is 0 Å². The van der Waals surface area contributed by atoms with Crippen LogP contribution in [-0.2, 0) is 27.4 Å². The van der Waals surface area contributed by atoms with Crippen LogP contribution in [0.4, 0.5) is 0 Å². The Morgan fingerprint density at radius 1 is 1.30 bits per heavy atom. The molecule has 30 heavy (non-hydrogen) atoms. The zero-order valence-electron chi connectivity index (χ0n) is 16.0. The summed E-state index contributed by atoms with van der Waals surface area (Å²) >= 11 is 1.07. The minimum absolute atomic E-state index is 0.186. The molecule has 1 N–H and O–H groups in total. The molecule has 2 heterocycles. The summed E-state index contributed by atoms with van der Waals surface area (Å²) in [5.41, 5.74) is 0.808. The molecule has 2 aromatic heterocycles. The van der Waals surface area contributed by atoms with Crippen molar-refractivity contribution in [3.63, 3.8) is 0 Å². The molecule has 0 aliphatic carbocycles. The van der Waals surface area contributed by atoms with Gasteiger partial charge in [-0.2, -0.15) is 5.26 Å². The summed E-state index contributed by atoms with van der Waals surface area (Å²) in [6.07, 6.45) is 4.31. The van der Waals surface area contributed by atoms with Crippen molar-refractivity contribution in [2.24, 2.45) is 0 Å². The topological polar surface area (TPSA) is 114 Å². The lowest BCUT2D eigenvalue weighted by molar-refractivity contribution is -0.133. The first kappa shape index (κ1) is 20.8. The number of amides is 1. The molecule has 0 saturated carbocycles. The molecule has 8 nitrogen and oxygen atoms in total. The van der Waals surface area contributed by atoms with E-state index in [1.807, 2.05) is 6.07 Å². The van der Waals surface area contributed by atoms with Crippen molar-refractivity contribution in [2.75, 3.05) is 7.11 Å². The Kier molecular flexibility index (Phi) is 6.62. The van der Waals surface area contributed by atoms with Gasteiger partial charge in [-0.05, 0) is 35.9 Å². The number of nitriles is 1. The van der Waals surface area contributed by atoms with Crippen LogP contribution in [0.1, 0.15) is 16.9 Å². The zero-order chi connectivity index (χ0) is 21.5. The largest absolute Gasteiger partial charge is 0.467 e. The monoisotopic (exact) mass is 423 g/mol. The maximum Gasteiger partial charge on any atom is 0.333 e. The summed E-state index contributed by atoms with van der Waals surface area (Å²) in [5.74, 6) is -0.459. The molecular weight excluding hydrogens is 406 g/mol. The third-order valence-corrected chi connectivity index (χ3v) is 5.12. The molecule has 0 aliphatic rings. The van der Waals surface area contributed by atoms with E-state index in [0.29, 0.717) is 26.1 Å². The molecule has 9 heteroatoms. The molecule has 3 rings (SSSR count). The van der Waals surface area contributed by atoms with Gasteiger partial charge in [0.05, 0.1) is 42.2 Å². The number of ether oxygens (including phenoxy) is 1. The Labute approximate surface area is 174 Å². The molecule has 0 radical (unpaired) electrons. The fourth-order valence-electron chi connectivity index (χ4n) is 2.56. The zero-order valence-corrected chi connectivity index (χ0v) is 16.8. The van der Waals surface area contributed by atoms with Gasteiger partial charge in [0.2, 0.25) is 5.91 Å². The van der Waals surface area contributed by atoms with E-state index >= 15 is 0 Å². The Bertz CT molecular complexity index is 1260. The summed E-state index contributed by atoms with van der Waals surface area (Å²) < 4.78 is 11.7. The standard InChI is InChI=1S/C21H17N3O5S/c1-28-20(26)10-19-24(13-18(25)23-12-16-3-2-8-29-16)21(27)17(30-19)9-14-4-6-15(11-22)7-5-14/h2-10H,12-13H2,1H3,(H,23,25)/b17-9-,19-10-. The lowest BCUT2D eigenvalue weighted by Gasteiger charge is -2.04. The molecule has 0 atom stereocenters. The molecule has 0 aliphatic heterocycles.